The molecule has 0 spiro atoms. The molecule has 7 nitrogen and oxygen atoms in total. The summed E-state index contributed by atoms with van der Waals surface area (Å²) in [5.41, 5.74) is 0.950. The Kier molecular flexibility index (Phi) is 5.84. The van der Waals surface area contributed by atoms with E-state index in [1.807, 2.05) is 30.5 Å². The molecule has 1 heterocycles. The molecule has 0 bridgehead atoms. The Morgan fingerprint density at radius 3 is 2.33 bits per heavy atom. The van der Waals surface area contributed by atoms with Gasteiger partial charge in [-0.15, -0.1) is 11.8 Å². The molecule has 144 valence electrons. The Hall–Kier alpha value is -2.35. The molecule has 0 radical (unpaired) electrons. The van der Waals surface area contributed by atoms with Gasteiger partial charge in [0.15, 0.2) is 0 Å². The minimum Gasteiger partial charge on any atom is -0.340 e. The molecular formula is C19H23N3O4S. The van der Waals surface area contributed by atoms with Crippen LogP contribution in [0.2, 0.25) is 0 Å². The summed E-state index contributed by atoms with van der Waals surface area (Å²) in [5.74, 6) is -2.10. The Bertz CT molecular complexity index is 759. The highest BCUT2D eigenvalue weighted by atomic mass is 32.2. The smallest absolute Gasteiger partial charge is 0.334 e. The minimum atomic E-state index is -0.905. The molecular weight excluding hydrogens is 366 g/mol. The first-order chi connectivity index (χ1) is 12.9. The topological polar surface area (TPSA) is 78.0 Å². The van der Waals surface area contributed by atoms with Crippen molar-refractivity contribution in [2.45, 2.75) is 43.2 Å². The van der Waals surface area contributed by atoms with E-state index in [-0.39, 0.29) is 11.9 Å². The molecule has 27 heavy (non-hydrogen) atoms. The number of hydrogen-bond donors (Lipinski definition) is 0. The molecule has 0 aromatic heterocycles. The number of benzene rings is 1. The van der Waals surface area contributed by atoms with Gasteiger partial charge in [-0.1, -0.05) is 25.0 Å². The third-order valence-corrected chi connectivity index (χ3v) is 5.82. The molecule has 1 aliphatic carbocycles. The van der Waals surface area contributed by atoms with Gasteiger partial charge in [0.25, 0.3) is 0 Å². The first-order valence-corrected chi connectivity index (χ1v) is 10.2. The molecule has 0 atom stereocenters. The second-order valence-corrected chi connectivity index (χ2v) is 7.76. The molecule has 1 saturated heterocycles. The van der Waals surface area contributed by atoms with Gasteiger partial charge in [0, 0.05) is 24.5 Å². The lowest BCUT2D eigenvalue weighted by Crippen LogP contribution is -2.43. The summed E-state index contributed by atoms with van der Waals surface area (Å²) in [5, 5.41) is 0. The molecule has 0 unspecified atom stereocenters. The van der Waals surface area contributed by atoms with Crippen molar-refractivity contribution in [2.24, 2.45) is 0 Å². The van der Waals surface area contributed by atoms with Crippen molar-refractivity contribution in [2.75, 3.05) is 19.8 Å². The summed E-state index contributed by atoms with van der Waals surface area (Å²) in [6, 6.07) is 6.94. The van der Waals surface area contributed by atoms with E-state index in [1.165, 1.54) is 4.90 Å². The fourth-order valence-electron chi connectivity index (χ4n) is 3.50. The SMILES string of the molecule is CSc1ccc(CN(C)C(=O)CN2C(=O)C(=O)N(C3CCCC3)C2=O)cc1. The number of urea groups is 1. The zero-order valence-corrected chi connectivity index (χ0v) is 16.3. The fourth-order valence-corrected chi connectivity index (χ4v) is 3.90. The van der Waals surface area contributed by atoms with Crippen LogP contribution in [0.3, 0.4) is 0 Å². The maximum absolute atomic E-state index is 12.5. The summed E-state index contributed by atoms with van der Waals surface area (Å²) >= 11 is 1.64. The summed E-state index contributed by atoms with van der Waals surface area (Å²) in [7, 11) is 1.62. The number of likely N-dealkylation sites (N-methyl/N-ethyl adjacent to an activating group) is 1. The Balaban J connectivity index is 1.62. The lowest BCUT2D eigenvalue weighted by atomic mass is 10.2. The second kappa shape index (κ2) is 8.12. The van der Waals surface area contributed by atoms with Crippen LogP contribution in [-0.2, 0) is 20.9 Å². The third kappa shape index (κ3) is 4.00. The predicted octanol–water partition coefficient (Wildman–Crippen LogP) is 2.10. The summed E-state index contributed by atoms with van der Waals surface area (Å²) < 4.78 is 0. The van der Waals surface area contributed by atoms with Crippen LogP contribution in [0.1, 0.15) is 31.2 Å². The van der Waals surface area contributed by atoms with Crippen LogP contribution >= 0.6 is 11.8 Å². The largest absolute Gasteiger partial charge is 0.340 e. The maximum Gasteiger partial charge on any atom is 0.334 e. The van der Waals surface area contributed by atoms with Gasteiger partial charge in [-0.05, 0) is 36.8 Å². The van der Waals surface area contributed by atoms with E-state index in [9.17, 15) is 19.2 Å². The van der Waals surface area contributed by atoms with Crippen LogP contribution in [0, 0.1) is 0 Å². The first kappa shape index (κ1) is 19.4. The van der Waals surface area contributed by atoms with Crippen molar-refractivity contribution in [3.05, 3.63) is 29.8 Å². The average Bonchev–Trinajstić information content (AvgIpc) is 3.25. The number of amides is 5. The van der Waals surface area contributed by atoms with E-state index in [0.29, 0.717) is 6.54 Å². The highest BCUT2D eigenvalue weighted by Crippen LogP contribution is 2.27. The highest BCUT2D eigenvalue weighted by molar-refractivity contribution is 7.98. The van der Waals surface area contributed by atoms with E-state index in [4.69, 9.17) is 0 Å². The van der Waals surface area contributed by atoms with Crippen molar-refractivity contribution in [1.29, 1.82) is 0 Å². The lowest BCUT2D eigenvalue weighted by Gasteiger charge is -2.22. The maximum atomic E-state index is 12.5. The van der Waals surface area contributed by atoms with Gasteiger partial charge in [-0.2, -0.15) is 0 Å². The Labute approximate surface area is 162 Å². The quantitative estimate of drug-likeness (QED) is 0.423. The predicted molar refractivity (Wildman–Crippen MR) is 101 cm³/mol. The third-order valence-electron chi connectivity index (χ3n) is 5.07. The van der Waals surface area contributed by atoms with Gasteiger partial charge in [0.2, 0.25) is 5.91 Å². The molecule has 2 fully saturated rings. The van der Waals surface area contributed by atoms with Crippen LogP contribution in [0.15, 0.2) is 29.2 Å². The number of thioether (sulfide) groups is 1. The molecule has 8 heteroatoms. The molecule has 1 aromatic rings. The number of carbonyl (C=O) groups excluding carboxylic acids is 4. The van der Waals surface area contributed by atoms with Crippen LogP contribution in [0.5, 0.6) is 0 Å². The minimum absolute atomic E-state index is 0.221. The number of nitrogens with zero attached hydrogens (tertiary/aromatic N) is 3. The van der Waals surface area contributed by atoms with Gasteiger partial charge >= 0.3 is 17.8 Å². The highest BCUT2D eigenvalue weighted by Gasteiger charge is 2.48. The zero-order valence-electron chi connectivity index (χ0n) is 15.5. The van der Waals surface area contributed by atoms with E-state index >= 15 is 0 Å². The van der Waals surface area contributed by atoms with Crippen molar-refractivity contribution < 1.29 is 19.2 Å². The van der Waals surface area contributed by atoms with E-state index < -0.39 is 24.4 Å². The summed E-state index contributed by atoms with van der Waals surface area (Å²) in [4.78, 5) is 53.9. The standard InChI is InChI=1S/C19H23N3O4S/c1-20(11-13-7-9-15(27-2)10-8-13)16(23)12-21-17(24)18(25)22(19(21)26)14-5-3-4-6-14/h7-10,14H,3-6,11-12H2,1-2H3. The molecule has 1 saturated carbocycles. The monoisotopic (exact) mass is 389 g/mol. The van der Waals surface area contributed by atoms with Crippen LogP contribution in [-0.4, -0.2) is 64.3 Å². The lowest BCUT2D eigenvalue weighted by molar-refractivity contribution is -0.145. The van der Waals surface area contributed by atoms with E-state index in [1.54, 1.807) is 18.8 Å². The molecule has 1 aliphatic heterocycles. The van der Waals surface area contributed by atoms with Crippen LogP contribution < -0.4 is 0 Å². The second-order valence-electron chi connectivity index (χ2n) is 6.89. The van der Waals surface area contributed by atoms with E-state index in [2.05, 4.69) is 0 Å². The van der Waals surface area contributed by atoms with Crippen LogP contribution in [0.25, 0.3) is 0 Å². The van der Waals surface area contributed by atoms with Crippen molar-refractivity contribution in [3.8, 4) is 0 Å². The molecule has 1 aromatic carbocycles. The number of carbonyl (C=O) groups is 4. The normalized spacial score (nSPS) is 17.9. The average molecular weight is 389 g/mol. The van der Waals surface area contributed by atoms with Gasteiger partial charge in [-0.25, -0.2) is 9.69 Å². The van der Waals surface area contributed by atoms with Crippen molar-refractivity contribution in [1.82, 2.24) is 14.7 Å². The molecule has 2 aliphatic rings. The summed E-state index contributed by atoms with van der Waals surface area (Å²) in [6.45, 7) is -0.0456. The Morgan fingerprint density at radius 2 is 1.74 bits per heavy atom. The zero-order chi connectivity index (χ0) is 19.6. The molecule has 5 amide bonds. The fraction of sp³-hybridized carbons (Fsp3) is 0.474. The number of hydrogen-bond acceptors (Lipinski definition) is 5. The Morgan fingerprint density at radius 1 is 1.11 bits per heavy atom. The van der Waals surface area contributed by atoms with Crippen molar-refractivity contribution >= 4 is 35.5 Å². The molecule has 3 rings (SSSR count). The molecule has 0 N–H and O–H groups in total. The van der Waals surface area contributed by atoms with Gasteiger partial charge < -0.3 is 4.90 Å². The van der Waals surface area contributed by atoms with E-state index in [0.717, 1.165) is 45.9 Å². The van der Waals surface area contributed by atoms with Gasteiger partial charge in [0.1, 0.15) is 6.54 Å². The number of rotatable bonds is 6. The first-order valence-electron chi connectivity index (χ1n) is 8.98. The van der Waals surface area contributed by atoms with Crippen LogP contribution in [0.4, 0.5) is 4.79 Å². The van der Waals surface area contributed by atoms with Gasteiger partial charge in [0.05, 0.1) is 0 Å². The van der Waals surface area contributed by atoms with Crippen molar-refractivity contribution in [3.63, 3.8) is 0 Å². The summed E-state index contributed by atoms with van der Waals surface area (Å²) in [6.07, 6.45) is 5.31. The number of imide groups is 2. The van der Waals surface area contributed by atoms with Gasteiger partial charge in [-0.3, -0.25) is 19.3 Å².